The topological polar surface area (TPSA) is 92.1 Å². The first-order chi connectivity index (χ1) is 15.5. The van der Waals surface area contributed by atoms with E-state index in [0.29, 0.717) is 5.69 Å². The van der Waals surface area contributed by atoms with E-state index in [1.807, 2.05) is 42.5 Å². The van der Waals surface area contributed by atoms with Gasteiger partial charge >= 0.3 is 0 Å². The third-order valence-corrected chi connectivity index (χ3v) is 5.32. The van der Waals surface area contributed by atoms with Gasteiger partial charge < -0.3 is 10.3 Å². The van der Waals surface area contributed by atoms with Crippen LogP contribution in [0.2, 0.25) is 0 Å². The lowest BCUT2D eigenvalue weighted by molar-refractivity contribution is 0.0929. The van der Waals surface area contributed by atoms with Gasteiger partial charge in [0, 0.05) is 5.56 Å². The van der Waals surface area contributed by atoms with Crippen LogP contribution in [0.15, 0.2) is 77.7 Å². The number of benzene rings is 3. The lowest BCUT2D eigenvalue weighted by Gasteiger charge is -2.12. The van der Waals surface area contributed by atoms with Crippen molar-refractivity contribution in [2.24, 2.45) is 0 Å². The van der Waals surface area contributed by atoms with Crippen LogP contribution in [0.3, 0.4) is 0 Å². The van der Waals surface area contributed by atoms with Crippen molar-refractivity contribution in [1.29, 1.82) is 0 Å². The molecule has 5 rings (SSSR count). The molecule has 1 amide bonds. The number of carbonyl (C=O) groups is 1. The fourth-order valence-corrected chi connectivity index (χ4v) is 3.60. The van der Waals surface area contributed by atoms with E-state index in [1.165, 1.54) is 16.6 Å². The number of nitrogens with zero attached hydrogens (tertiary/aromatic N) is 3. The number of hydrogen-bond donors (Lipinski definition) is 2. The fraction of sp³-hybridized carbons (Fsp3) is 0.0833. The molecule has 1 atom stereocenters. The zero-order valence-electron chi connectivity index (χ0n) is 17.0. The van der Waals surface area contributed by atoms with Crippen LogP contribution in [0.5, 0.6) is 0 Å². The van der Waals surface area contributed by atoms with Gasteiger partial charge in [0.05, 0.1) is 17.9 Å². The summed E-state index contributed by atoms with van der Waals surface area (Å²) >= 11 is 0. The van der Waals surface area contributed by atoms with Crippen molar-refractivity contribution in [3.63, 3.8) is 0 Å². The Hall–Kier alpha value is -4.33. The number of amides is 1. The van der Waals surface area contributed by atoms with E-state index in [4.69, 9.17) is 0 Å². The van der Waals surface area contributed by atoms with E-state index >= 15 is 0 Å². The predicted octanol–water partition coefficient (Wildman–Crippen LogP) is 3.87. The Labute approximate surface area is 181 Å². The second kappa shape index (κ2) is 7.73. The van der Waals surface area contributed by atoms with E-state index in [0.717, 1.165) is 21.9 Å². The summed E-state index contributed by atoms with van der Waals surface area (Å²) in [5.41, 5.74) is 1.68. The molecule has 2 aromatic heterocycles. The molecule has 3 aromatic carbocycles. The van der Waals surface area contributed by atoms with Gasteiger partial charge in [0.25, 0.3) is 11.5 Å². The maximum Gasteiger partial charge on any atom is 0.293 e. The number of fused-ring (bicyclic) bond motifs is 2. The lowest BCUT2D eigenvalue weighted by atomic mass is 10.1. The third kappa shape index (κ3) is 3.62. The molecule has 8 heteroatoms. The molecule has 0 aliphatic heterocycles. The summed E-state index contributed by atoms with van der Waals surface area (Å²) in [4.78, 5) is 32.1. The van der Waals surface area contributed by atoms with Crippen molar-refractivity contribution < 1.29 is 9.18 Å². The first kappa shape index (κ1) is 19.6. The van der Waals surface area contributed by atoms with Crippen LogP contribution < -0.4 is 10.9 Å². The van der Waals surface area contributed by atoms with Crippen LogP contribution in [-0.4, -0.2) is 25.5 Å². The smallest absolute Gasteiger partial charge is 0.293 e. The Morgan fingerprint density at radius 1 is 1.06 bits per heavy atom. The quantitative estimate of drug-likeness (QED) is 0.456. The van der Waals surface area contributed by atoms with Crippen molar-refractivity contribution in [1.82, 2.24) is 24.9 Å². The number of halogens is 1. The molecular weight excluding hydrogens is 409 g/mol. The highest BCUT2D eigenvalue weighted by Crippen LogP contribution is 2.22. The van der Waals surface area contributed by atoms with E-state index in [2.05, 4.69) is 20.4 Å². The molecule has 0 spiro atoms. The van der Waals surface area contributed by atoms with Crippen molar-refractivity contribution in [2.75, 3.05) is 0 Å². The highest BCUT2D eigenvalue weighted by Gasteiger charge is 2.18. The van der Waals surface area contributed by atoms with Crippen molar-refractivity contribution in [2.45, 2.75) is 13.0 Å². The Bertz CT molecular complexity index is 1520. The van der Waals surface area contributed by atoms with E-state index < -0.39 is 11.5 Å². The highest BCUT2D eigenvalue weighted by atomic mass is 19.1. The van der Waals surface area contributed by atoms with Crippen LogP contribution >= 0.6 is 0 Å². The molecule has 0 unspecified atom stereocenters. The maximum absolute atomic E-state index is 13.1. The molecule has 0 bridgehead atoms. The van der Waals surface area contributed by atoms with Gasteiger partial charge in [-0.3, -0.25) is 9.59 Å². The monoisotopic (exact) mass is 427 g/mol. The fourth-order valence-electron chi connectivity index (χ4n) is 3.60. The van der Waals surface area contributed by atoms with Gasteiger partial charge in [0.2, 0.25) is 11.5 Å². The number of rotatable bonds is 4. The zero-order valence-corrected chi connectivity index (χ0v) is 17.0. The number of hydrogen-bond acceptors (Lipinski definition) is 4. The number of nitrogens with one attached hydrogen (secondary N) is 2. The molecule has 0 fully saturated rings. The third-order valence-electron chi connectivity index (χ3n) is 5.32. The van der Waals surface area contributed by atoms with Crippen LogP contribution in [0.1, 0.15) is 29.1 Å². The second-order valence-corrected chi connectivity index (χ2v) is 7.51. The van der Waals surface area contributed by atoms with Crippen molar-refractivity contribution in [3.8, 4) is 11.3 Å². The van der Waals surface area contributed by atoms with Crippen LogP contribution in [0, 0.1) is 5.82 Å². The molecule has 32 heavy (non-hydrogen) atoms. The number of H-pyrrole nitrogens is 1. The molecule has 0 saturated carbocycles. The molecule has 0 saturated heterocycles. The normalized spacial score (nSPS) is 12.2. The van der Waals surface area contributed by atoms with Crippen LogP contribution in [-0.2, 0) is 0 Å². The predicted molar refractivity (Wildman–Crippen MR) is 119 cm³/mol. The first-order valence-corrected chi connectivity index (χ1v) is 10.0. The van der Waals surface area contributed by atoms with Gasteiger partial charge in [0.15, 0.2) is 0 Å². The summed E-state index contributed by atoms with van der Waals surface area (Å²) in [6.07, 6.45) is 1.63. The number of aromatic amines is 1. The Kier molecular flexibility index (Phi) is 4.74. The Morgan fingerprint density at radius 2 is 1.81 bits per heavy atom. The molecule has 0 aliphatic rings. The second-order valence-electron chi connectivity index (χ2n) is 7.51. The SMILES string of the molecule is C[C@@H](NC(=O)c1nc2c(=O)[nH]c(-c3ccc4ccccc4c3)cn2n1)c1ccc(F)cc1. The van der Waals surface area contributed by atoms with E-state index in [1.54, 1.807) is 25.3 Å². The standard InChI is InChI=1S/C24H18FN5O2/c1-14(15-8-10-19(25)11-9-15)26-23(31)21-28-22-24(32)27-20(13-30(22)29-21)18-7-6-16-4-2-3-5-17(16)12-18/h2-14H,1H3,(H,26,31)(H,27,32)/t14-/m1/s1. The van der Waals surface area contributed by atoms with Gasteiger partial charge in [-0.15, -0.1) is 5.10 Å². The summed E-state index contributed by atoms with van der Waals surface area (Å²) in [5.74, 6) is -1.01. The summed E-state index contributed by atoms with van der Waals surface area (Å²) in [5, 5.41) is 9.10. The average molecular weight is 427 g/mol. The molecule has 158 valence electrons. The summed E-state index contributed by atoms with van der Waals surface area (Å²) < 4.78 is 14.4. The molecule has 0 aliphatic carbocycles. The minimum absolute atomic E-state index is 0.0223. The van der Waals surface area contributed by atoms with Gasteiger partial charge in [-0.1, -0.05) is 48.5 Å². The summed E-state index contributed by atoms with van der Waals surface area (Å²) in [6.45, 7) is 1.77. The largest absolute Gasteiger partial charge is 0.343 e. The number of aromatic nitrogens is 4. The minimum atomic E-state index is -0.530. The molecule has 0 radical (unpaired) electrons. The molecular formula is C24H18FN5O2. The molecule has 2 heterocycles. The molecule has 2 N–H and O–H groups in total. The number of carbonyl (C=O) groups excluding carboxylic acids is 1. The van der Waals surface area contributed by atoms with Gasteiger partial charge in [-0.05, 0) is 41.5 Å². The van der Waals surface area contributed by atoms with Gasteiger partial charge in [-0.2, -0.15) is 4.98 Å². The molecule has 5 aromatic rings. The van der Waals surface area contributed by atoms with E-state index in [9.17, 15) is 14.0 Å². The Morgan fingerprint density at radius 3 is 2.59 bits per heavy atom. The van der Waals surface area contributed by atoms with Gasteiger partial charge in [0.1, 0.15) is 5.82 Å². The first-order valence-electron chi connectivity index (χ1n) is 10.0. The molecule has 7 nitrogen and oxygen atoms in total. The van der Waals surface area contributed by atoms with E-state index in [-0.39, 0.29) is 23.3 Å². The summed E-state index contributed by atoms with van der Waals surface area (Å²) in [6, 6.07) is 19.2. The van der Waals surface area contributed by atoms with Crippen molar-refractivity contribution >= 4 is 22.3 Å². The Balaban J connectivity index is 1.45. The minimum Gasteiger partial charge on any atom is -0.343 e. The average Bonchev–Trinajstić information content (AvgIpc) is 3.24. The maximum atomic E-state index is 13.1. The highest BCUT2D eigenvalue weighted by molar-refractivity contribution is 5.91. The summed E-state index contributed by atoms with van der Waals surface area (Å²) in [7, 11) is 0. The zero-order chi connectivity index (χ0) is 22.2. The lowest BCUT2D eigenvalue weighted by Crippen LogP contribution is -2.27. The van der Waals surface area contributed by atoms with Crippen molar-refractivity contribution in [3.05, 3.63) is 100 Å². The van der Waals surface area contributed by atoms with Crippen LogP contribution in [0.4, 0.5) is 4.39 Å². The van der Waals surface area contributed by atoms with Gasteiger partial charge in [-0.25, -0.2) is 8.91 Å². The van der Waals surface area contributed by atoms with Crippen LogP contribution in [0.25, 0.3) is 27.7 Å².